The summed E-state index contributed by atoms with van der Waals surface area (Å²) in [6.07, 6.45) is 1.61. The van der Waals surface area contributed by atoms with Gasteiger partial charge in [0.25, 0.3) is 5.91 Å². The Morgan fingerprint density at radius 1 is 1.16 bits per heavy atom. The van der Waals surface area contributed by atoms with Gasteiger partial charge >= 0.3 is 5.97 Å². The Morgan fingerprint density at radius 3 is 2.46 bits per heavy atom. The van der Waals surface area contributed by atoms with Gasteiger partial charge in [-0.3, -0.25) is 19.3 Å². The molecule has 37 heavy (non-hydrogen) atoms. The number of piperidine rings is 2. The molecular formula is C25H37ClN4O7. The van der Waals surface area contributed by atoms with Gasteiger partial charge in [0.2, 0.25) is 5.91 Å². The van der Waals surface area contributed by atoms with Gasteiger partial charge in [0.15, 0.2) is 0 Å². The number of carboxylic acids is 1. The molecule has 12 heteroatoms. The van der Waals surface area contributed by atoms with Crippen LogP contribution in [0.15, 0.2) is 12.1 Å². The van der Waals surface area contributed by atoms with E-state index in [1.54, 1.807) is 19.1 Å². The number of anilines is 1. The average Bonchev–Trinajstić information content (AvgIpc) is 2.90. The van der Waals surface area contributed by atoms with E-state index in [9.17, 15) is 19.5 Å². The molecular weight excluding hydrogens is 504 g/mol. The number of benzene rings is 1. The number of ether oxygens (including phenoxy) is 3. The molecule has 4 N–H and O–H groups in total. The molecule has 2 aliphatic heterocycles. The second kappa shape index (κ2) is 13.3. The second-order valence-corrected chi connectivity index (χ2v) is 9.85. The predicted octanol–water partition coefficient (Wildman–Crippen LogP) is 1.48. The van der Waals surface area contributed by atoms with Crippen LogP contribution in [-0.2, 0) is 19.1 Å². The van der Waals surface area contributed by atoms with Gasteiger partial charge in [-0.25, -0.2) is 0 Å². The van der Waals surface area contributed by atoms with Crippen molar-refractivity contribution in [1.82, 2.24) is 15.1 Å². The number of amides is 2. The minimum absolute atomic E-state index is 0.0283. The van der Waals surface area contributed by atoms with Gasteiger partial charge in [-0.2, -0.15) is 0 Å². The molecule has 0 aromatic heterocycles. The number of carbonyl (C=O) groups excluding carboxylic acids is 2. The SMILES string of the molecule is COCCC(C(=O)N1CCC(C(=O)O)CC1)N1CC[C@@H](NC(=O)c2cc(Cl)c(N)cc2OC)[C@@H](OC)C1. The third-order valence-electron chi connectivity index (χ3n) is 7.25. The van der Waals surface area contributed by atoms with E-state index in [0.717, 1.165) is 0 Å². The molecule has 2 aliphatic rings. The number of nitrogens with one attached hydrogen (secondary N) is 1. The van der Waals surface area contributed by atoms with E-state index in [1.807, 2.05) is 0 Å². The number of nitrogens with two attached hydrogens (primary N) is 1. The summed E-state index contributed by atoms with van der Waals surface area (Å²) in [5.74, 6) is -1.28. The van der Waals surface area contributed by atoms with E-state index < -0.39 is 17.9 Å². The zero-order valence-electron chi connectivity index (χ0n) is 21.6. The molecule has 3 rings (SSSR count). The van der Waals surface area contributed by atoms with Crippen LogP contribution in [0.5, 0.6) is 5.75 Å². The number of nitrogens with zero attached hydrogens (tertiary/aromatic N) is 2. The summed E-state index contributed by atoms with van der Waals surface area (Å²) in [5.41, 5.74) is 6.43. The Kier molecular flexibility index (Phi) is 10.4. The Hall–Kier alpha value is -2.60. The Bertz CT molecular complexity index is 971. The summed E-state index contributed by atoms with van der Waals surface area (Å²) in [6.45, 7) is 2.26. The molecule has 2 amide bonds. The van der Waals surface area contributed by atoms with Crippen molar-refractivity contribution in [3.05, 3.63) is 22.7 Å². The first kappa shape index (κ1) is 29.0. The number of carboxylic acid groups (broad SMARTS) is 1. The van der Waals surface area contributed by atoms with Crippen LogP contribution in [0.4, 0.5) is 5.69 Å². The first-order valence-electron chi connectivity index (χ1n) is 12.4. The summed E-state index contributed by atoms with van der Waals surface area (Å²) in [7, 11) is 4.63. The lowest BCUT2D eigenvalue weighted by molar-refractivity contribution is -0.148. The number of methoxy groups -OCH3 is 3. The largest absolute Gasteiger partial charge is 0.496 e. The van der Waals surface area contributed by atoms with Crippen molar-refractivity contribution in [3.63, 3.8) is 0 Å². The number of rotatable bonds is 10. The Labute approximate surface area is 222 Å². The summed E-state index contributed by atoms with van der Waals surface area (Å²) in [5, 5.41) is 12.6. The lowest BCUT2D eigenvalue weighted by Crippen LogP contribution is -2.60. The number of halogens is 1. The highest BCUT2D eigenvalue weighted by Crippen LogP contribution is 2.29. The van der Waals surface area contributed by atoms with Gasteiger partial charge < -0.3 is 35.3 Å². The highest BCUT2D eigenvalue weighted by molar-refractivity contribution is 6.33. The zero-order chi connectivity index (χ0) is 27.1. The van der Waals surface area contributed by atoms with Crippen LogP contribution < -0.4 is 15.8 Å². The Balaban J connectivity index is 1.68. The summed E-state index contributed by atoms with van der Waals surface area (Å²) in [4.78, 5) is 41.7. The zero-order valence-corrected chi connectivity index (χ0v) is 22.3. The normalized spacial score (nSPS) is 21.9. The molecule has 3 atom stereocenters. The van der Waals surface area contributed by atoms with E-state index >= 15 is 0 Å². The lowest BCUT2D eigenvalue weighted by atomic mass is 9.95. The van der Waals surface area contributed by atoms with Gasteiger partial charge in [0.05, 0.1) is 47.5 Å². The fourth-order valence-corrected chi connectivity index (χ4v) is 5.20. The van der Waals surface area contributed by atoms with E-state index in [2.05, 4.69) is 10.2 Å². The number of hydrogen-bond donors (Lipinski definition) is 3. The van der Waals surface area contributed by atoms with Crippen LogP contribution in [0.25, 0.3) is 0 Å². The van der Waals surface area contributed by atoms with Crippen LogP contribution in [0.1, 0.15) is 36.0 Å². The quantitative estimate of drug-likeness (QED) is 0.376. The van der Waals surface area contributed by atoms with Crippen molar-refractivity contribution in [2.75, 3.05) is 59.8 Å². The maximum Gasteiger partial charge on any atom is 0.306 e. The Morgan fingerprint density at radius 2 is 1.86 bits per heavy atom. The molecule has 206 valence electrons. The molecule has 2 heterocycles. The molecule has 1 unspecified atom stereocenters. The number of hydrogen-bond acceptors (Lipinski definition) is 8. The van der Waals surface area contributed by atoms with Crippen molar-refractivity contribution >= 4 is 35.1 Å². The van der Waals surface area contributed by atoms with E-state index in [1.165, 1.54) is 19.2 Å². The van der Waals surface area contributed by atoms with Crippen molar-refractivity contribution in [3.8, 4) is 5.75 Å². The second-order valence-electron chi connectivity index (χ2n) is 9.45. The summed E-state index contributed by atoms with van der Waals surface area (Å²) in [6, 6.07) is 2.28. The molecule has 0 aliphatic carbocycles. The van der Waals surface area contributed by atoms with Gasteiger partial charge in [0.1, 0.15) is 5.75 Å². The minimum atomic E-state index is -0.811. The van der Waals surface area contributed by atoms with Gasteiger partial charge in [-0.05, 0) is 31.7 Å². The molecule has 2 saturated heterocycles. The number of carbonyl (C=O) groups is 3. The fourth-order valence-electron chi connectivity index (χ4n) is 5.04. The fraction of sp³-hybridized carbons (Fsp3) is 0.640. The third-order valence-corrected chi connectivity index (χ3v) is 7.58. The molecule has 0 radical (unpaired) electrons. The first-order chi connectivity index (χ1) is 17.7. The van der Waals surface area contributed by atoms with Crippen LogP contribution in [0.3, 0.4) is 0 Å². The molecule has 1 aromatic rings. The molecule has 1 aromatic carbocycles. The van der Waals surface area contributed by atoms with Crippen LogP contribution in [0.2, 0.25) is 5.02 Å². The van der Waals surface area contributed by atoms with E-state index in [0.29, 0.717) is 69.9 Å². The van der Waals surface area contributed by atoms with Crippen LogP contribution >= 0.6 is 11.6 Å². The highest BCUT2D eigenvalue weighted by atomic mass is 35.5. The number of nitrogen functional groups attached to an aromatic ring is 1. The average molecular weight is 541 g/mol. The summed E-state index contributed by atoms with van der Waals surface area (Å²) >= 11 is 6.13. The molecule has 0 spiro atoms. The van der Waals surface area contributed by atoms with Crippen molar-refractivity contribution in [1.29, 1.82) is 0 Å². The first-order valence-corrected chi connectivity index (χ1v) is 12.8. The number of likely N-dealkylation sites (tertiary alicyclic amines) is 2. The number of aliphatic carboxylic acids is 1. The summed E-state index contributed by atoms with van der Waals surface area (Å²) < 4.78 is 16.3. The van der Waals surface area contributed by atoms with Crippen molar-refractivity contribution in [2.24, 2.45) is 5.92 Å². The maximum absolute atomic E-state index is 13.5. The third kappa shape index (κ3) is 7.04. The smallest absolute Gasteiger partial charge is 0.306 e. The predicted molar refractivity (Wildman–Crippen MR) is 138 cm³/mol. The monoisotopic (exact) mass is 540 g/mol. The van der Waals surface area contributed by atoms with E-state index in [4.69, 9.17) is 31.5 Å². The molecule has 0 bridgehead atoms. The molecule has 0 saturated carbocycles. The van der Waals surface area contributed by atoms with Gasteiger partial charge in [-0.1, -0.05) is 11.6 Å². The molecule has 2 fully saturated rings. The highest BCUT2D eigenvalue weighted by Gasteiger charge is 2.39. The molecule has 11 nitrogen and oxygen atoms in total. The van der Waals surface area contributed by atoms with Crippen LogP contribution in [-0.4, -0.2) is 105 Å². The minimum Gasteiger partial charge on any atom is -0.496 e. The lowest BCUT2D eigenvalue weighted by Gasteiger charge is -2.43. The van der Waals surface area contributed by atoms with Crippen molar-refractivity contribution < 1.29 is 33.7 Å². The topological polar surface area (TPSA) is 144 Å². The van der Waals surface area contributed by atoms with Gasteiger partial charge in [0, 0.05) is 53.1 Å². The van der Waals surface area contributed by atoms with Crippen molar-refractivity contribution in [2.45, 2.75) is 43.9 Å². The van der Waals surface area contributed by atoms with E-state index in [-0.39, 0.29) is 34.5 Å². The standard InChI is InChI=1S/C25H37ClN4O7/c1-35-11-7-20(24(32)29-8-4-15(5-9-29)25(33)34)30-10-6-19(22(14-30)37-3)28-23(31)16-12-17(26)18(27)13-21(16)36-2/h12-13,15,19-20,22H,4-11,14,27H2,1-3H3,(H,28,31)(H,33,34)/t19-,20?,22+/m1/s1. The van der Waals surface area contributed by atoms with Gasteiger partial charge in [-0.15, -0.1) is 0 Å². The maximum atomic E-state index is 13.5. The van der Waals surface area contributed by atoms with Crippen LogP contribution in [0, 0.1) is 5.92 Å².